The fourth-order valence-electron chi connectivity index (χ4n) is 3.27. The summed E-state index contributed by atoms with van der Waals surface area (Å²) in [6.07, 6.45) is 2.59. The summed E-state index contributed by atoms with van der Waals surface area (Å²) in [4.78, 5) is 20.8. The molecule has 1 unspecified atom stereocenters. The van der Waals surface area contributed by atoms with Crippen molar-refractivity contribution in [1.29, 1.82) is 0 Å². The molecular weight excluding hydrogens is 364 g/mol. The lowest BCUT2D eigenvalue weighted by atomic mass is 10.1. The fourth-order valence-corrected chi connectivity index (χ4v) is 5.01. The Hall–Kier alpha value is -1.76. The van der Waals surface area contributed by atoms with E-state index in [1.807, 2.05) is 22.4 Å². The van der Waals surface area contributed by atoms with E-state index >= 15 is 0 Å². The van der Waals surface area contributed by atoms with Crippen molar-refractivity contribution in [2.45, 2.75) is 39.2 Å². The van der Waals surface area contributed by atoms with Crippen molar-refractivity contribution >= 4 is 43.9 Å². The number of aryl methyl sites for hydroxylation is 2. The van der Waals surface area contributed by atoms with E-state index in [0.29, 0.717) is 13.0 Å². The quantitative estimate of drug-likeness (QED) is 0.637. The minimum atomic E-state index is 0.0939. The molecule has 136 valence electrons. The number of ether oxygens (including phenoxy) is 1. The van der Waals surface area contributed by atoms with Crippen LogP contribution >= 0.6 is 22.7 Å². The van der Waals surface area contributed by atoms with E-state index in [2.05, 4.69) is 26.0 Å². The molecule has 4 nitrogen and oxygen atoms in total. The summed E-state index contributed by atoms with van der Waals surface area (Å²) < 4.78 is 6.92. The fraction of sp³-hybridized carbons (Fsp3) is 0.400. The zero-order valence-corrected chi connectivity index (χ0v) is 16.7. The lowest BCUT2D eigenvalue weighted by Gasteiger charge is -2.22. The topological polar surface area (TPSA) is 42.4 Å². The molecule has 6 heteroatoms. The van der Waals surface area contributed by atoms with Crippen molar-refractivity contribution in [3.05, 3.63) is 45.6 Å². The van der Waals surface area contributed by atoms with E-state index in [4.69, 9.17) is 9.72 Å². The summed E-state index contributed by atoms with van der Waals surface area (Å²) in [5, 5.41) is 2.79. The molecule has 1 atom stereocenters. The molecule has 3 heterocycles. The Morgan fingerprint density at radius 3 is 2.96 bits per heavy atom. The van der Waals surface area contributed by atoms with Crippen LogP contribution in [0.15, 0.2) is 29.6 Å². The maximum atomic E-state index is 13.1. The number of nitrogens with zero attached hydrogens (tertiary/aromatic N) is 2. The molecule has 1 aliphatic heterocycles. The van der Waals surface area contributed by atoms with Crippen molar-refractivity contribution in [3.8, 4) is 0 Å². The number of amides is 1. The minimum absolute atomic E-state index is 0.0939. The van der Waals surface area contributed by atoms with Gasteiger partial charge in [0.05, 0.1) is 29.3 Å². The highest BCUT2D eigenvalue weighted by molar-refractivity contribution is 7.22. The van der Waals surface area contributed by atoms with Crippen molar-refractivity contribution in [2.24, 2.45) is 0 Å². The molecule has 26 heavy (non-hydrogen) atoms. The van der Waals surface area contributed by atoms with Gasteiger partial charge in [-0.3, -0.25) is 9.69 Å². The van der Waals surface area contributed by atoms with Crippen LogP contribution in [-0.4, -0.2) is 30.1 Å². The van der Waals surface area contributed by atoms with Gasteiger partial charge in [-0.05, 0) is 55.3 Å². The third-order valence-corrected chi connectivity index (χ3v) is 6.84. The highest BCUT2D eigenvalue weighted by Gasteiger charge is 2.26. The average Bonchev–Trinajstić information content (AvgIpc) is 3.37. The van der Waals surface area contributed by atoms with E-state index in [0.717, 1.165) is 39.7 Å². The second-order valence-electron chi connectivity index (χ2n) is 6.75. The summed E-state index contributed by atoms with van der Waals surface area (Å²) >= 11 is 3.21. The van der Waals surface area contributed by atoms with Crippen LogP contribution in [0.5, 0.6) is 0 Å². The summed E-state index contributed by atoms with van der Waals surface area (Å²) in [6, 6.07) is 8.23. The molecule has 0 spiro atoms. The molecule has 4 rings (SSSR count). The molecule has 1 saturated heterocycles. The average molecular weight is 387 g/mol. The molecule has 0 N–H and O–H groups in total. The first-order chi connectivity index (χ1) is 12.6. The Labute approximate surface area is 161 Å². The maximum absolute atomic E-state index is 13.1. The van der Waals surface area contributed by atoms with Gasteiger partial charge in [0.2, 0.25) is 5.91 Å². The highest BCUT2D eigenvalue weighted by atomic mass is 32.1. The molecule has 3 aromatic rings. The number of aromatic nitrogens is 1. The van der Waals surface area contributed by atoms with Crippen molar-refractivity contribution < 1.29 is 9.53 Å². The number of hydrogen-bond acceptors (Lipinski definition) is 5. The number of carbonyl (C=O) groups excluding carboxylic acids is 1. The van der Waals surface area contributed by atoms with Gasteiger partial charge in [0.15, 0.2) is 5.13 Å². The molecular formula is C20H22N2O2S2. The molecule has 2 aromatic heterocycles. The van der Waals surface area contributed by atoms with Crippen LogP contribution in [-0.2, 0) is 16.0 Å². The summed E-state index contributed by atoms with van der Waals surface area (Å²) in [5.74, 6) is 0.0939. The number of benzene rings is 1. The highest BCUT2D eigenvalue weighted by Crippen LogP contribution is 2.33. The van der Waals surface area contributed by atoms with Gasteiger partial charge in [0.25, 0.3) is 0 Å². The van der Waals surface area contributed by atoms with Gasteiger partial charge >= 0.3 is 0 Å². The first kappa shape index (κ1) is 17.6. The van der Waals surface area contributed by atoms with Crippen LogP contribution < -0.4 is 4.90 Å². The van der Waals surface area contributed by atoms with E-state index in [1.54, 1.807) is 22.7 Å². The Balaban J connectivity index is 1.67. The Kier molecular flexibility index (Phi) is 5.07. The zero-order chi connectivity index (χ0) is 18.1. The maximum Gasteiger partial charge on any atom is 0.234 e. The second kappa shape index (κ2) is 7.47. The summed E-state index contributed by atoms with van der Waals surface area (Å²) in [5.41, 5.74) is 3.42. The van der Waals surface area contributed by atoms with E-state index in [1.165, 1.54) is 11.1 Å². The van der Waals surface area contributed by atoms with Crippen molar-refractivity contribution in [1.82, 2.24) is 4.98 Å². The number of rotatable bonds is 5. The van der Waals surface area contributed by atoms with Crippen LogP contribution in [0.2, 0.25) is 0 Å². The molecule has 1 amide bonds. The third-order valence-electron chi connectivity index (χ3n) is 4.92. The number of thiazole rings is 1. The molecule has 0 aliphatic carbocycles. The van der Waals surface area contributed by atoms with E-state index < -0.39 is 0 Å². The summed E-state index contributed by atoms with van der Waals surface area (Å²) in [7, 11) is 0. The minimum Gasteiger partial charge on any atom is -0.376 e. The first-order valence-electron chi connectivity index (χ1n) is 8.93. The van der Waals surface area contributed by atoms with Gasteiger partial charge in [-0.15, -0.1) is 11.3 Å². The number of thiophene rings is 1. The van der Waals surface area contributed by atoms with Crippen LogP contribution in [0, 0.1) is 13.8 Å². The standard InChI is InChI=1S/C20H22N2O2S2/c1-13-7-8-17-19(14(13)2)21-20(26-17)22(12-15-5-3-9-24-15)18(23)11-16-6-4-10-25-16/h4,6-8,10,15H,3,5,9,11-12H2,1-2H3. The second-order valence-corrected chi connectivity index (χ2v) is 8.79. The van der Waals surface area contributed by atoms with Gasteiger partial charge in [0.1, 0.15) is 0 Å². The SMILES string of the molecule is Cc1ccc2sc(N(CC3CCCO3)C(=O)Cc3cccs3)nc2c1C. The van der Waals surface area contributed by atoms with Crippen LogP contribution in [0.4, 0.5) is 5.13 Å². The predicted octanol–water partition coefficient (Wildman–Crippen LogP) is 4.73. The molecule has 0 radical (unpaired) electrons. The largest absolute Gasteiger partial charge is 0.376 e. The van der Waals surface area contributed by atoms with E-state index in [-0.39, 0.29) is 12.0 Å². The van der Waals surface area contributed by atoms with Gasteiger partial charge in [-0.2, -0.15) is 0 Å². The Morgan fingerprint density at radius 2 is 2.23 bits per heavy atom. The van der Waals surface area contributed by atoms with Crippen molar-refractivity contribution in [3.63, 3.8) is 0 Å². The smallest absolute Gasteiger partial charge is 0.234 e. The molecule has 1 fully saturated rings. The molecule has 1 aliphatic rings. The van der Waals surface area contributed by atoms with Gasteiger partial charge < -0.3 is 4.74 Å². The van der Waals surface area contributed by atoms with Crippen LogP contribution in [0.3, 0.4) is 0 Å². The lowest BCUT2D eigenvalue weighted by molar-refractivity contribution is -0.118. The Morgan fingerprint density at radius 1 is 1.35 bits per heavy atom. The van der Waals surface area contributed by atoms with E-state index in [9.17, 15) is 4.79 Å². The van der Waals surface area contributed by atoms with Crippen molar-refractivity contribution in [2.75, 3.05) is 18.1 Å². The summed E-state index contributed by atoms with van der Waals surface area (Å²) in [6.45, 7) is 5.57. The monoisotopic (exact) mass is 386 g/mol. The normalized spacial score (nSPS) is 17.1. The number of fused-ring (bicyclic) bond motifs is 1. The zero-order valence-electron chi connectivity index (χ0n) is 15.0. The molecule has 1 aromatic carbocycles. The Bertz CT molecular complexity index is 911. The van der Waals surface area contributed by atoms with Crippen LogP contribution in [0.25, 0.3) is 10.2 Å². The van der Waals surface area contributed by atoms with Gasteiger partial charge in [0, 0.05) is 11.5 Å². The molecule has 0 bridgehead atoms. The predicted molar refractivity (Wildman–Crippen MR) is 108 cm³/mol. The number of anilines is 1. The number of carbonyl (C=O) groups is 1. The first-order valence-corrected chi connectivity index (χ1v) is 10.6. The third kappa shape index (κ3) is 3.54. The van der Waals surface area contributed by atoms with Gasteiger partial charge in [-0.25, -0.2) is 4.98 Å². The number of hydrogen-bond donors (Lipinski definition) is 0. The molecule has 0 saturated carbocycles. The lowest BCUT2D eigenvalue weighted by Crippen LogP contribution is -2.38. The van der Waals surface area contributed by atoms with Gasteiger partial charge in [-0.1, -0.05) is 23.5 Å². The van der Waals surface area contributed by atoms with Crippen LogP contribution in [0.1, 0.15) is 28.8 Å².